The molecule has 0 bridgehead atoms. The van der Waals surface area contributed by atoms with Crippen LogP contribution >= 0.6 is 0 Å². The van der Waals surface area contributed by atoms with Crippen LogP contribution in [0, 0.1) is 11.3 Å². The third-order valence-electron chi connectivity index (χ3n) is 5.76. The fourth-order valence-electron chi connectivity index (χ4n) is 4.10. The summed E-state index contributed by atoms with van der Waals surface area (Å²) in [5.74, 6) is -0.195. The molecule has 0 aliphatic carbocycles. The molecule has 0 spiro atoms. The minimum atomic E-state index is -0.625. The van der Waals surface area contributed by atoms with Crippen molar-refractivity contribution in [2.75, 3.05) is 36.4 Å². The number of nitrogens with one attached hydrogen (secondary N) is 2. The number of morpholine rings is 1. The minimum Gasteiger partial charge on any atom is -0.365 e. The number of ether oxygens (including phenoxy) is 1. The first-order valence-electron chi connectivity index (χ1n) is 10.4. The second-order valence-electron chi connectivity index (χ2n) is 7.99. The number of amides is 1. The van der Waals surface area contributed by atoms with Crippen molar-refractivity contribution < 1.29 is 9.53 Å². The second kappa shape index (κ2) is 7.98. The highest BCUT2D eigenvalue weighted by atomic mass is 16.5. The predicted molar refractivity (Wildman–Crippen MR) is 116 cm³/mol. The summed E-state index contributed by atoms with van der Waals surface area (Å²) in [7, 11) is 0. The van der Waals surface area contributed by atoms with Gasteiger partial charge in [0.1, 0.15) is 6.07 Å². The zero-order chi connectivity index (χ0) is 21.4. The van der Waals surface area contributed by atoms with Crippen LogP contribution < -0.4 is 15.5 Å². The molecule has 2 fully saturated rings. The van der Waals surface area contributed by atoms with Crippen LogP contribution in [0.2, 0.25) is 0 Å². The monoisotopic (exact) mass is 417 g/mol. The van der Waals surface area contributed by atoms with E-state index in [0.29, 0.717) is 35.9 Å². The van der Waals surface area contributed by atoms with Gasteiger partial charge >= 0.3 is 0 Å². The van der Waals surface area contributed by atoms with Gasteiger partial charge in [0.15, 0.2) is 6.10 Å². The number of nitriles is 1. The molecule has 1 aromatic carbocycles. The molecule has 9 nitrogen and oxygen atoms in total. The van der Waals surface area contributed by atoms with E-state index < -0.39 is 6.10 Å². The van der Waals surface area contributed by atoms with Gasteiger partial charge in [-0.25, -0.2) is 0 Å². The van der Waals surface area contributed by atoms with Crippen LogP contribution in [0.5, 0.6) is 0 Å². The van der Waals surface area contributed by atoms with Crippen LogP contribution in [-0.4, -0.2) is 59.1 Å². The lowest BCUT2D eigenvalue weighted by Crippen LogP contribution is -2.51. The van der Waals surface area contributed by atoms with Crippen LogP contribution in [-0.2, 0) is 9.53 Å². The molecule has 2 aliphatic heterocycles. The number of carbonyl (C=O) groups is 1. The molecule has 0 radical (unpaired) electrons. The summed E-state index contributed by atoms with van der Waals surface area (Å²) in [6.45, 7) is 4.79. The van der Waals surface area contributed by atoms with Gasteiger partial charge < -0.3 is 20.3 Å². The van der Waals surface area contributed by atoms with Gasteiger partial charge in [-0.2, -0.15) is 10.4 Å². The van der Waals surface area contributed by atoms with E-state index in [9.17, 15) is 10.1 Å². The number of benzene rings is 1. The number of rotatable bonds is 4. The third-order valence-corrected chi connectivity index (χ3v) is 5.76. The Morgan fingerprint density at radius 3 is 2.97 bits per heavy atom. The Bertz CT molecular complexity index is 1160. The Morgan fingerprint density at radius 1 is 1.32 bits per heavy atom. The van der Waals surface area contributed by atoms with E-state index in [1.54, 1.807) is 18.5 Å². The van der Waals surface area contributed by atoms with Crippen molar-refractivity contribution >= 4 is 28.2 Å². The molecule has 0 unspecified atom stereocenters. The van der Waals surface area contributed by atoms with E-state index in [-0.39, 0.29) is 12.0 Å². The van der Waals surface area contributed by atoms with E-state index in [2.05, 4.69) is 31.7 Å². The summed E-state index contributed by atoms with van der Waals surface area (Å²) in [6.07, 6.45) is 4.45. The van der Waals surface area contributed by atoms with Crippen LogP contribution in [0.15, 0.2) is 42.9 Å². The summed E-state index contributed by atoms with van der Waals surface area (Å²) in [4.78, 5) is 19.5. The van der Waals surface area contributed by atoms with Crippen molar-refractivity contribution in [3.05, 3.63) is 48.4 Å². The van der Waals surface area contributed by atoms with Crippen molar-refractivity contribution in [3.8, 4) is 6.07 Å². The lowest BCUT2D eigenvalue weighted by atomic mass is 10.1. The zero-order valence-corrected chi connectivity index (χ0v) is 17.2. The SMILES string of the molecule is C[C@@H]1CN(c2ccc(C#N)c3ncccc23)C[C@H](C(=O)Nc2cnn(C3CNC3)c2)O1. The maximum Gasteiger partial charge on any atom is 0.255 e. The Hall–Kier alpha value is -3.48. The molecule has 2 aromatic heterocycles. The molecule has 2 atom stereocenters. The largest absolute Gasteiger partial charge is 0.365 e. The second-order valence-corrected chi connectivity index (χ2v) is 7.99. The van der Waals surface area contributed by atoms with Crippen molar-refractivity contribution in [1.29, 1.82) is 5.26 Å². The number of pyridine rings is 1. The molecule has 158 valence electrons. The maximum atomic E-state index is 12.9. The van der Waals surface area contributed by atoms with Crippen molar-refractivity contribution in [2.45, 2.75) is 25.2 Å². The molecule has 0 saturated carbocycles. The summed E-state index contributed by atoms with van der Waals surface area (Å²) < 4.78 is 7.83. The molecule has 4 heterocycles. The first-order valence-corrected chi connectivity index (χ1v) is 10.4. The number of hydrogen-bond donors (Lipinski definition) is 2. The van der Waals surface area contributed by atoms with Gasteiger partial charge in [0, 0.05) is 43.1 Å². The highest BCUT2D eigenvalue weighted by Crippen LogP contribution is 2.30. The fraction of sp³-hybridized carbons (Fsp3) is 0.364. The number of nitrogens with zero attached hydrogens (tertiary/aromatic N) is 5. The molecule has 3 aromatic rings. The average molecular weight is 417 g/mol. The average Bonchev–Trinajstić information content (AvgIpc) is 3.18. The van der Waals surface area contributed by atoms with E-state index in [1.165, 1.54) is 0 Å². The first-order chi connectivity index (χ1) is 15.1. The van der Waals surface area contributed by atoms with Crippen molar-refractivity contribution in [2.24, 2.45) is 0 Å². The quantitative estimate of drug-likeness (QED) is 0.665. The third kappa shape index (κ3) is 3.71. The maximum absolute atomic E-state index is 12.9. The van der Waals surface area contributed by atoms with Crippen molar-refractivity contribution in [3.63, 3.8) is 0 Å². The molecule has 2 N–H and O–H groups in total. The van der Waals surface area contributed by atoms with Crippen LogP contribution in [0.25, 0.3) is 10.9 Å². The summed E-state index contributed by atoms with van der Waals surface area (Å²) in [6, 6.07) is 10.1. The number of hydrogen-bond acceptors (Lipinski definition) is 7. The van der Waals surface area contributed by atoms with Gasteiger partial charge in [0.2, 0.25) is 0 Å². The Morgan fingerprint density at radius 2 is 2.19 bits per heavy atom. The van der Waals surface area contributed by atoms with Crippen LogP contribution in [0.1, 0.15) is 18.5 Å². The smallest absolute Gasteiger partial charge is 0.255 e. The molecule has 2 aliphatic rings. The van der Waals surface area contributed by atoms with E-state index >= 15 is 0 Å². The van der Waals surface area contributed by atoms with Gasteiger partial charge in [0.25, 0.3) is 5.91 Å². The molecule has 2 saturated heterocycles. The van der Waals surface area contributed by atoms with Crippen molar-refractivity contribution in [1.82, 2.24) is 20.1 Å². The van der Waals surface area contributed by atoms with Gasteiger partial charge in [-0.3, -0.25) is 14.5 Å². The molecular formula is C22H23N7O2. The molecule has 31 heavy (non-hydrogen) atoms. The zero-order valence-electron chi connectivity index (χ0n) is 17.2. The van der Waals surface area contributed by atoms with Gasteiger partial charge in [0.05, 0.1) is 41.7 Å². The topological polar surface area (TPSA) is 108 Å². The van der Waals surface area contributed by atoms with Crippen LogP contribution in [0.4, 0.5) is 11.4 Å². The van der Waals surface area contributed by atoms with E-state index in [0.717, 1.165) is 24.2 Å². The molecule has 1 amide bonds. The first kappa shape index (κ1) is 19.5. The predicted octanol–water partition coefficient (Wildman–Crippen LogP) is 1.68. The Labute approximate surface area is 179 Å². The van der Waals surface area contributed by atoms with Gasteiger partial charge in [-0.05, 0) is 31.2 Å². The van der Waals surface area contributed by atoms with E-state index in [1.807, 2.05) is 36.0 Å². The van der Waals surface area contributed by atoms with Gasteiger partial charge in [-0.15, -0.1) is 0 Å². The normalized spacial score (nSPS) is 21.5. The highest BCUT2D eigenvalue weighted by molar-refractivity contribution is 5.97. The number of anilines is 2. The number of carbonyl (C=O) groups excluding carboxylic acids is 1. The fourth-order valence-corrected chi connectivity index (χ4v) is 4.10. The summed E-state index contributed by atoms with van der Waals surface area (Å²) in [5.41, 5.74) is 2.81. The lowest BCUT2D eigenvalue weighted by Gasteiger charge is -2.38. The lowest BCUT2D eigenvalue weighted by molar-refractivity contribution is -0.131. The number of aromatic nitrogens is 3. The Kier molecular flexibility index (Phi) is 5.02. The van der Waals surface area contributed by atoms with Crippen LogP contribution in [0.3, 0.4) is 0 Å². The number of fused-ring (bicyclic) bond motifs is 1. The van der Waals surface area contributed by atoms with E-state index in [4.69, 9.17) is 4.74 Å². The molecular weight excluding hydrogens is 394 g/mol. The summed E-state index contributed by atoms with van der Waals surface area (Å²) >= 11 is 0. The molecule has 9 heteroatoms. The molecule has 5 rings (SSSR count). The highest BCUT2D eigenvalue weighted by Gasteiger charge is 2.32. The standard InChI is InChI=1S/C22H23N7O2/c1-14-11-28(19-5-4-15(7-23)21-18(19)3-2-6-25-21)13-20(31-14)22(30)27-16-8-26-29(12-16)17-9-24-10-17/h2-6,8,12,14,17,20,24H,9-11,13H2,1H3,(H,27,30)/t14-,20-/m1/s1. The summed E-state index contributed by atoms with van der Waals surface area (Å²) in [5, 5.41) is 20.8. The Balaban J connectivity index is 1.35. The minimum absolute atomic E-state index is 0.129. The van der Waals surface area contributed by atoms with Gasteiger partial charge in [-0.1, -0.05) is 0 Å².